The van der Waals surface area contributed by atoms with Crippen molar-refractivity contribution in [2.24, 2.45) is 0 Å². The van der Waals surface area contributed by atoms with E-state index in [9.17, 15) is 9.59 Å². The van der Waals surface area contributed by atoms with E-state index in [-0.39, 0.29) is 51.4 Å². The van der Waals surface area contributed by atoms with Crippen LogP contribution in [-0.2, 0) is 4.79 Å². The number of pyridine rings is 2. The Labute approximate surface area is 258 Å². The zero-order chi connectivity index (χ0) is 32.7. The molecule has 10 heteroatoms. The monoisotopic (exact) mass is 602 g/mol. The Hall–Kier alpha value is -4.37. The summed E-state index contributed by atoms with van der Waals surface area (Å²) in [5.74, 6) is -0.534. The second kappa shape index (κ2) is 11.7. The van der Waals surface area contributed by atoms with E-state index in [1.54, 1.807) is 29.3 Å². The van der Waals surface area contributed by atoms with Crippen molar-refractivity contribution in [3.05, 3.63) is 93.9 Å². The molecule has 2 atom stereocenters. The van der Waals surface area contributed by atoms with E-state index in [1.807, 2.05) is 39.5 Å². The molecule has 1 saturated heterocycles. The molecule has 0 radical (unpaired) electrons. The number of piperazine rings is 1. The SMILES string of the molecule is [2H]C([2H])=Cc1cccc(F)c1-c1nc2c(cc1Cl)c(N1[C@@H](C)CN(C(=O)C=C)C[C@@H]1C)nc(=O)n2-c1c(C)ccnc1C(C)C. The number of hydrogen-bond acceptors (Lipinski definition) is 6. The Bertz CT molecular complexity index is 1910. The number of aromatic nitrogens is 4. The number of hydrogen-bond donors (Lipinski definition) is 0. The third-order valence-corrected chi connectivity index (χ3v) is 8.10. The van der Waals surface area contributed by atoms with Gasteiger partial charge in [0.05, 0.1) is 30.2 Å². The number of benzene rings is 1. The predicted octanol–water partition coefficient (Wildman–Crippen LogP) is 6.32. The van der Waals surface area contributed by atoms with E-state index in [2.05, 4.69) is 16.5 Å². The highest BCUT2D eigenvalue weighted by molar-refractivity contribution is 6.34. The minimum absolute atomic E-state index is 0.00374. The summed E-state index contributed by atoms with van der Waals surface area (Å²) in [5.41, 5.74) is 1.85. The van der Waals surface area contributed by atoms with Crippen LogP contribution in [0.2, 0.25) is 5.02 Å². The van der Waals surface area contributed by atoms with E-state index >= 15 is 4.39 Å². The first kappa shape index (κ1) is 27.5. The lowest BCUT2D eigenvalue weighted by molar-refractivity contribution is -0.127. The Morgan fingerprint density at radius 3 is 2.58 bits per heavy atom. The number of rotatable bonds is 6. The molecule has 5 rings (SSSR count). The van der Waals surface area contributed by atoms with Crippen molar-refractivity contribution in [2.45, 2.75) is 52.6 Å². The van der Waals surface area contributed by atoms with Crippen LogP contribution in [0.15, 0.2) is 60.5 Å². The lowest BCUT2D eigenvalue weighted by Crippen LogP contribution is -2.58. The normalized spacial score (nSPS) is 17.6. The summed E-state index contributed by atoms with van der Waals surface area (Å²) in [6.45, 7) is 13.6. The lowest BCUT2D eigenvalue weighted by atomic mass is 10.0. The van der Waals surface area contributed by atoms with Crippen LogP contribution in [0.25, 0.3) is 34.1 Å². The number of nitrogens with zero attached hydrogens (tertiary/aromatic N) is 6. The van der Waals surface area contributed by atoms with Gasteiger partial charge in [-0.1, -0.05) is 56.8 Å². The lowest BCUT2D eigenvalue weighted by Gasteiger charge is -2.45. The van der Waals surface area contributed by atoms with Gasteiger partial charge in [0.15, 0.2) is 5.65 Å². The fourth-order valence-electron chi connectivity index (χ4n) is 5.92. The Morgan fingerprint density at radius 1 is 1.21 bits per heavy atom. The van der Waals surface area contributed by atoms with Gasteiger partial charge < -0.3 is 9.80 Å². The van der Waals surface area contributed by atoms with Gasteiger partial charge in [-0.15, -0.1) is 0 Å². The van der Waals surface area contributed by atoms with Crippen molar-refractivity contribution >= 4 is 40.4 Å². The molecule has 4 heterocycles. The molecule has 0 unspecified atom stereocenters. The van der Waals surface area contributed by atoms with Gasteiger partial charge in [-0.2, -0.15) is 4.98 Å². The molecule has 0 spiro atoms. The van der Waals surface area contributed by atoms with Gasteiger partial charge in [0.25, 0.3) is 0 Å². The van der Waals surface area contributed by atoms with Crippen molar-refractivity contribution in [2.75, 3.05) is 18.0 Å². The van der Waals surface area contributed by atoms with Gasteiger partial charge in [0.2, 0.25) is 5.91 Å². The Morgan fingerprint density at radius 2 is 1.93 bits per heavy atom. The first-order valence-electron chi connectivity index (χ1n) is 15.1. The number of aryl methyl sites for hydroxylation is 1. The van der Waals surface area contributed by atoms with Crippen LogP contribution >= 0.6 is 11.6 Å². The highest BCUT2D eigenvalue weighted by Crippen LogP contribution is 2.38. The second-order valence-corrected chi connectivity index (χ2v) is 11.6. The number of anilines is 1. The van der Waals surface area contributed by atoms with Gasteiger partial charge in [0.1, 0.15) is 11.6 Å². The summed E-state index contributed by atoms with van der Waals surface area (Å²) >= 11 is 6.88. The average molecular weight is 603 g/mol. The zero-order valence-electron chi connectivity index (χ0n) is 26.7. The predicted molar refractivity (Wildman–Crippen MR) is 170 cm³/mol. The first-order valence-corrected chi connectivity index (χ1v) is 14.4. The maximum Gasteiger partial charge on any atom is 0.355 e. The molecule has 1 fully saturated rings. The minimum Gasteiger partial charge on any atom is -0.347 e. The topological polar surface area (TPSA) is 84.2 Å². The fraction of sp³-hybridized carbons (Fsp3) is 0.303. The maximum atomic E-state index is 15.5. The third kappa shape index (κ3) is 5.22. The van der Waals surface area contributed by atoms with Crippen LogP contribution < -0.4 is 10.6 Å². The fourth-order valence-corrected chi connectivity index (χ4v) is 6.17. The van der Waals surface area contributed by atoms with Crippen molar-refractivity contribution in [3.63, 3.8) is 0 Å². The molecule has 1 aliphatic heterocycles. The highest BCUT2D eigenvalue weighted by Gasteiger charge is 2.34. The smallest absolute Gasteiger partial charge is 0.347 e. The van der Waals surface area contributed by atoms with E-state index in [4.69, 9.17) is 19.3 Å². The van der Waals surface area contributed by atoms with E-state index in [0.717, 1.165) is 5.56 Å². The molecule has 43 heavy (non-hydrogen) atoms. The summed E-state index contributed by atoms with van der Waals surface area (Å²) in [6, 6.07) is 7.27. The first-order chi connectivity index (χ1) is 21.3. The summed E-state index contributed by atoms with van der Waals surface area (Å²) < 4.78 is 32.3. The van der Waals surface area contributed by atoms with Crippen molar-refractivity contribution in [3.8, 4) is 16.9 Å². The second-order valence-electron chi connectivity index (χ2n) is 11.2. The van der Waals surface area contributed by atoms with Gasteiger partial charge in [-0.05, 0) is 62.1 Å². The average Bonchev–Trinajstić information content (AvgIpc) is 2.97. The Balaban J connectivity index is 1.88. The molecule has 1 aliphatic rings. The van der Waals surface area contributed by atoms with Crippen LogP contribution in [0.5, 0.6) is 0 Å². The largest absolute Gasteiger partial charge is 0.355 e. The van der Waals surface area contributed by atoms with Gasteiger partial charge >= 0.3 is 5.69 Å². The molecule has 222 valence electrons. The number of carbonyl (C=O) groups excluding carboxylic acids is 1. The Kier molecular flexibility index (Phi) is 7.49. The molecule has 1 aromatic carbocycles. The zero-order valence-corrected chi connectivity index (χ0v) is 25.5. The highest BCUT2D eigenvalue weighted by atomic mass is 35.5. The van der Waals surface area contributed by atoms with E-state index in [1.165, 1.54) is 28.9 Å². The number of amides is 1. The van der Waals surface area contributed by atoms with Crippen molar-refractivity contribution in [1.29, 1.82) is 0 Å². The third-order valence-electron chi connectivity index (χ3n) is 7.81. The quantitative estimate of drug-likeness (QED) is 0.240. The van der Waals surface area contributed by atoms with Gasteiger partial charge in [-0.3, -0.25) is 9.78 Å². The molecule has 3 aromatic heterocycles. The molecule has 1 amide bonds. The van der Waals surface area contributed by atoms with Crippen LogP contribution in [0, 0.1) is 12.7 Å². The molecule has 0 saturated carbocycles. The van der Waals surface area contributed by atoms with Crippen LogP contribution in [-0.4, -0.2) is 55.5 Å². The maximum absolute atomic E-state index is 15.5. The van der Waals surface area contributed by atoms with Crippen LogP contribution in [0.1, 0.15) is 53.2 Å². The van der Waals surface area contributed by atoms with Crippen molar-refractivity contribution < 1.29 is 11.9 Å². The minimum atomic E-state index is -0.646. The summed E-state index contributed by atoms with van der Waals surface area (Å²) in [5, 5.41) is 0.554. The molecular weight excluding hydrogens is 567 g/mol. The standard InChI is InChI=1S/C33H34ClFN6O2/c1-8-22-11-10-12-25(35)27(22)29-24(34)15-23-31(37-29)41(30-19(5)13-14-36-28(30)18(3)4)33(43)38-32(23)40-20(6)16-39(17-21(40)7)26(42)9-2/h8-15,18,20-21H,1-2,16-17H2,3-7H3/t20-,21-/m0/s1/i1D2. The summed E-state index contributed by atoms with van der Waals surface area (Å²) in [6.07, 6.45) is 4.18. The van der Waals surface area contributed by atoms with Crippen LogP contribution in [0.4, 0.5) is 10.2 Å². The molecule has 8 nitrogen and oxygen atoms in total. The molecule has 0 bridgehead atoms. The molecule has 0 N–H and O–H groups in total. The van der Waals surface area contributed by atoms with Crippen molar-refractivity contribution in [1.82, 2.24) is 24.4 Å². The summed E-state index contributed by atoms with van der Waals surface area (Å²) in [4.78, 5) is 44.4. The van der Waals surface area contributed by atoms with E-state index < -0.39 is 18.0 Å². The molecule has 0 aliphatic carbocycles. The number of carbonyl (C=O) groups is 1. The molecule has 4 aromatic rings. The van der Waals surface area contributed by atoms with Gasteiger partial charge in [0, 0.05) is 36.9 Å². The number of halogens is 2. The summed E-state index contributed by atoms with van der Waals surface area (Å²) in [7, 11) is 0. The van der Waals surface area contributed by atoms with E-state index in [0.29, 0.717) is 35.7 Å². The number of fused-ring (bicyclic) bond motifs is 1. The van der Waals surface area contributed by atoms with Crippen LogP contribution in [0.3, 0.4) is 0 Å². The van der Waals surface area contributed by atoms with Gasteiger partial charge in [-0.25, -0.2) is 18.7 Å². The molecular formula is C33H34ClFN6O2.